The number of aromatic nitrogens is 4. The molecule has 0 amide bonds. The Balaban J connectivity index is 1.88. The number of rotatable bonds is 2. The minimum atomic E-state index is 0.277. The second kappa shape index (κ2) is 5.21. The van der Waals surface area contributed by atoms with Gasteiger partial charge in [0.25, 0.3) is 0 Å². The second-order valence-corrected chi connectivity index (χ2v) is 5.50. The van der Waals surface area contributed by atoms with Gasteiger partial charge in [-0.3, -0.25) is 0 Å². The van der Waals surface area contributed by atoms with Crippen molar-refractivity contribution >= 4 is 16.9 Å². The van der Waals surface area contributed by atoms with Crippen LogP contribution < -0.4 is 5.73 Å². The number of hydrogen-bond donors (Lipinski definition) is 1. The van der Waals surface area contributed by atoms with Gasteiger partial charge in [-0.1, -0.05) is 24.3 Å². The fraction of sp³-hybridized carbons (Fsp3) is 0.0556. The number of nitrogen functional groups attached to an aromatic ring is 1. The molecule has 0 saturated heterocycles. The zero-order valence-corrected chi connectivity index (χ0v) is 12.6. The molecule has 4 rings (SSSR count). The van der Waals surface area contributed by atoms with Crippen molar-refractivity contribution in [3.05, 3.63) is 66.6 Å². The Morgan fingerprint density at radius 3 is 2.52 bits per heavy atom. The SMILES string of the molecule is Cc1cccc(-n2ncc3ccc(-c4cnc(N)nc4)cc32)c1. The first-order valence-corrected chi connectivity index (χ1v) is 7.33. The molecule has 2 N–H and O–H groups in total. The number of fused-ring (bicyclic) bond motifs is 1. The van der Waals surface area contributed by atoms with Crippen LogP contribution in [0.5, 0.6) is 0 Å². The van der Waals surface area contributed by atoms with Crippen molar-refractivity contribution in [2.24, 2.45) is 0 Å². The van der Waals surface area contributed by atoms with E-state index in [1.54, 1.807) is 12.4 Å². The van der Waals surface area contributed by atoms with Gasteiger partial charge in [0, 0.05) is 23.3 Å². The molecule has 2 aromatic carbocycles. The minimum absolute atomic E-state index is 0.277. The summed E-state index contributed by atoms with van der Waals surface area (Å²) in [4.78, 5) is 8.12. The van der Waals surface area contributed by atoms with Crippen LogP contribution in [0.4, 0.5) is 5.95 Å². The fourth-order valence-electron chi connectivity index (χ4n) is 2.65. The zero-order chi connectivity index (χ0) is 15.8. The molecule has 0 bridgehead atoms. The number of nitrogens with zero attached hydrogens (tertiary/aromatic N) is 4. The van der Waals surface area contributed by atoms with E-state index in [2.05, 4.69) is 52.3 Å². The summed E-state index contributed by atoms with van der Waals surface area (Å²) in [6.07, 6.45) is 5.34. The van der Waals surface area contributed by atoms with Crippen LogP contribution in [0.25, 0.3) is 27.7 Å². The Kier molecular flexibility index (Phi) is 3.05. The van der Waals surface area contributed by atoms with E-state index in [0.29, 0.717) is 0 Å². The van der Waals surface area contributed by atoms with E-state index in [1.165, 1.54) is 5.56 Å². The lowest BCUT2D eigenvalue weighted by molar-refractivity contribution is 0.909. The summed E-state index contributed by atoms with van der Waals surface area (Å²) in [6.45, 7) is 2.08. The minimum Gasteiger partial charge on any atom is -0.368 e. The predicted molar refractivity (Wildman–Crippen MR) is 91.2 cm³/mol. The molecule has 0 saturated carbocycles. The van der Waals surface area contributed by atoms with Crippen LogP contribution in [0.3, 0.4) is 0 Å². The van der Waals surface area contributed by atoms with Crippen molar-refractivity contribution in [3.8, 4) is 16.8 Å². The average molecular weight is 301 g/mol. The van der Waals surface area contributed by atoms with Gasteiger partial charge < -0.3 is 5.73 Å². The molecular weight excluding hydrogens is 286 g/mol. The van der Waals surface area contributed by atoms with Crippen LogP contribution in [-0.4, -0.2) is 19.7 Å². The molecular formula is C18H15N5. The van der Waals surface area contributed by atoms with Crippen LogP contribution in [0.1, 0.15) is 5.56 Å². The number of nitrogens with two attached hydrogens (primary N) is 1. The lowest BCUT2D eigenvalue weighted by Crippen LogP contribution is -1.96. The molecule has 112 valence electrons. The van der Waals surface area contributed by atoms with Crippen molar-refractivity contribution in [2.75, 3.05) is 5.73 Å². The van der Waals surface area contributed by atoms with Crippen LogP contribution in [0.2, 0.25) is 0 Å². The topological polar surface area (TPSA) is 69.6 Å². The van der Waals surface area contributed by atoms with E-state index in [1.807, 2.05) is 23.0 Å². The van der Waals surface area contributed by atoms with Crippen molar-refractivity contribution in [1.82, 2.24) is 19.7 Å². The highest BCUT2D eigenvalue weighted by molar-refractivity contribution is 5.85. The van der Waals surface area contributed by atoms with Gasteiger partial charge in [-0.15, -0.1) is 0 Å². The third kappa shape index (κ3) is 2.42. The van der Waals surface area contributed by atoms with Crippen LogP contribution >= 0.6 is 0 Å². The Morgan fingerprint density at radius 2 is 1.74 bits per heavy atom. The molecule has 0 fully saturated rings. The van der Waals surface area contributed by atoms with E-state index in [0.717, 1.165) is 27.7 Å². The molecule has 0 spiro atoms. The van der Waals surface area contributed by atoms with Crippen LogP contribution in [0.15, 0.2) is 61.1 Å². The maximum Gasteiger partial charge on any atom is 0.219 e. The van der Waals surface area contributed by atoms with Crippen LogP contribution in [-0.2, 0) is 0 Å². The third-order valence-electron chi connectivity index (χ3n) is 3.82. The molecule has 0 aliphatic heterocycles. The first-order valence-electron chi connectivity index (χ1n) is 7.33. The smallest absolute Gasteiger partial charge is 0.219 e. The molecule has 5 heteroatoms. The normalized spacial score (nSPS) is 11.0. The third-order valence-corrected chi connectivity index (χ3v) is 3.82. The predicted octanol–water partition coefficient (Wildman–Crippen LogP) is 3.37. The number of aryl methyl sites for hydroxylation is 1. The highest BCUT2D eigenvalue weighted by atomic mass is 15.3. The van der Waals surface area contributed by atoms with Gasteiger partial charge in [0.1, 0.15) is 0 Å². The summed E-state index contributed by atoms with van der Waals surface area (Å²) < 4.78 is 1.95. The van der Waals surface area contributed by atoms with E-state index in [4.69, 9.17) is 5.73 Å². The van der Waals surface area contributed by atoms with E-state index < -0.39 is 0 Å². The lowest BCUT2D eigenvalue weighted by atomic mass is 10.1. The fourth-order valence-corrected chi connectivity index (χ4v) is 2.65. The lowest BCUT2D eigenvalue weighted by Gasteiger charge is -2.06. The van der Waals surface area contributed by atoms with Crippen molar-refractivity contribution in [3.63, 3.8) is 0 Å². The molecule has 0 atom stereocenters. The molecule has 23 heavy (non-hydrogen) atoms. The molecule has 0 radical (unpaired) electrons. The van der Waals surface area contributed by atoms with Gasteiger partial charge in [-0.05, 0) is 36.2 Å². The number of anilines is 1. The van der Waals surface area contributed by atoms with Gasteiger partial charge in [-0.25, -0.2) is 14.6 Å². The molecule has 2 aromatic heterocycles. The zero-order valence-electron chi connectivity index (χ0n) is 12.6. The largest absolute Gasteiger partial charge is 0.368 e. The quantitative estimate of drug-likeness (QED) is 0.616. The Morgan fingerprint density at radius 1 is 0.913 bits per heavy atom. The van der Waals surface area contributed by atoms with E-state index in [-0.39, 0.29) is 5.95 Å². The maximum absolute atomic E-state index is 5.56. The van der Waals surface area contributed by atoms with Gasteiger partial charge in [0.05, 0.1) is 17.4 Å². The molecule has 4 aromatic rings. The van der Waals surface area contributed by atoms with Crippen molar-refractivity contribution in [1.29, 1.82) is 0 Å². The molecule has 5 nitrogen and oxygen atoms in total. The summed E-state index contributed by atoms with van der Waals surface area (Å²) >= 11 is 0. The van der Waals surface area contributed by atoms with Gasteiger partial charge >= 0.3 is 0 Å². The van der Waals surface area contributed by atoms with Gasteiger partial charge in [0.2, 0.25) is 5.95 Å². The molecule has 2 heterocycles. The molecule has 0 unspecified atom stereocenters. The summed E-state index contributed by atoms with van der Waals surface area (Å²) in [5, 5.41) is 5.61. The summed E-state index contributed by atoms with van der Waals surface area (Å²) in [7, 11) is 0. The van der Waals surface area contributed by atoms with Crippen molar-refractivity contribution < 1.29 is 0 Å². The Bertz CT molecular complexity index is 986. The Labute approximate surface area is 133 Å². The summed E-state index contributed by atoms with van der Waals surface area (Å²) in [6, 6.07) is 14.5. The number of hydrogen-bond acceptors (Lipinski definition) is 4. The van der Waals surface area contributed by atoms with Gasteiger partial charge in [0.15, 0.2) is 0 Å². The Hall–Kier alpha value is -3.21. The maximum atomic E-state index is 5.56. The van der Waals surface area contributed by atoms with Crippen molar-refractivity contribution in [2.45, 2.75) is 6.92 Å². The number of benzene rings is 2. The van der Waals surface area contributed by atoms with Crippen LogP contribution in [0, 0.1) is 6.92 Å². The second-order valence-electron chi connectivity index (χ2n) is 5.50. The summed E-state index contributed by atoms with van der Waals surface area (Å²) in [5.74, 6) is 0.277. The van der Waals surface area contributed by atoms with Gasteiger partial charge in [-0.2, -0.15) is 5.10 Å². The van der Waals surface area contributed by atoms with E-state index in [9.17, 15) is 0 Å². The standard InChI is InChI=1S/C18H15N5/c1-12-3-2-4-16(7-12)23-17-8-13(5-6-14(17)11-22-23)15-9-20-18(19)21-10-15/h2-11H,1H3,(H2,19,20,21). The first kappa shape index (κ1) is 13.5. The highest BCUT2D eigenvalue weighted by Crippen LogP contribution is 2.25. The first-order chi connectivity index (χ1) is 11.2. The molecule has 0 aliphatic rings. The van der Waals surface area contributed by atoms with E-state index >= 15 is 0 Å². The monoisotopic (exact) mass is 301 g/mol. The summed E-state index contributed by atoms with van der Waals surface area (Å²) in [5.41, 5.74) is 10.8. The average Bonchev–Trinajstić information content (AvgIpc) is 2.98. The highest BCUT2D eigenvalue weighted by Gasteiger charge is 2.07. The molecule has 0 aliphatic carbocycles.